The van der Waals surface area contributed by atoms with Gasteiger partial charge in [0, 0.05) is 26.1 Å². The number of nitrogens with one attached hydrogen (secondary N) is 1. The average Bonchev–Trinajstić information content (AvgIpc) is 2.46. The van der Waals surface area contributed by atoms with E-state index in [4.69, 9.17) is 4.74 Å². The second-order valence-corrected chi connectivity index (χ2v) is 7.27. The van der Waals surface area contributed by atoms with Crippen LogP contribution in [-0.2, 0) is 16.0 Å². The number of hydrogen-bond donors (Lipinski definition) is 1. The Morgan fingerprint density at radius 1 is 1.28 bits per heavy atom. The normalized spacial score (nSPS) is 12.4. The molecule has 0 radical (unpaired) electrons. The second kappa shape index (κ2) is 9.39. The van der Waals surface area contributed by atoms with Crippen molar-refractivity contribution in [1.82, 2.24) is 10.2 Å². The number of aryl methyl sites for hydroxylation is 1. The van der Waals surface area contributed by atoms with Crippen LogP contribution in [0.4, 0.5) is 9.18 Å². The molecule has 1 rings (SSSR count). The van der Waals surface area contributed by atoms with Crippen LogP contribution in [0, 0.1) is 5.82 Å². The van der Waals surface area contributed by atoms with Crippen molar-refractivity contribution in [1.29, 1.82) is 0 Å². The first kappa shape index (κ1) is 20.9. The number of hydrogen-bond acceptors (Lipinski definition) is 3. The zero-order valence-electron chi connectivity index (χ0n) is 15.8. The average molecular weight is 352 g/mol. The van der Waals surface area contributed by atoms with Gasteiger partial charge in [0.15, 0.2) is 0 Å². The van der Waals surface area contributed by atoms with E-state index in [1.165, 1.54) is 6.07 Å². The van der Waals surface area contributed by atoms with E-state index < -0.39 is 11.7 Å². The van der Waals surface area contributed by atoms with Crippen molar-refractivity contribution in [2.75, 3.05) is 13.6 Å². The molecule has 0 spiro atoms. The summed E-state index contributed by atoms with van der Waals surface area (Å²) in [6, 6.07) is 6.37. The van der Waals surface area contributed by atoms with Crippen LogP contribution < -0.4 is 5.32 Å². The number of benzene rings is 1. The number of nitrogens with zero attached hydrogens (tertiary/aromatic N) is 1. The molecular weight excluding hydrogens is 323 g/mol. The van der Waals surface area contributed by atoms with Gasteiger partial charge < -0.3 is 15.0 Å². The number of rotatable bonds is 7. The van der Waals surface area contributed by atoms with Crippen LogP contribution in [0.25, 0.3) is 0 Å². The molecule has 1 aromatic carbocycles. The predicted molar refractivity (Wildman–Crippen MR) is 95.8 cm³/mol. The SMILES string of the molecule is CC(CN(C)C(=O)CCCc1ccccc1F)NC(=O)OC(C)(C)C. The Hall–Kier alpha value is -2.11. The van der Waals surface area contributed by atoms with E-state index >= 15 is 0 Å². The third kappa shape index (κ3) is 8.52. The van der Waals surface area contributed by atoms with Gasteiger partial charge in [0.2, 0.25) is 5.91 Å². The van der Waals surface area contributed by atoms with Gasteiger partial charge in [0.1, 0.15) is 11.4 Å². The Kier molecular flexibility index (Phi) is 7.87. The summed E-state index contributed by atoms with van der Waals surface area (Å²) in [5.74, 6) is -0.271. The summed E-state index contributed by atoms with van der Waals surface area (Å²) in [5.41, 5.74) is 0.0658. The summed E-state index contributed by atoms with van der Waals surface area (Å²) in [6.45, 7) is 7.58. The van der Waals surface area contributed by atoms with Crippen LogP contribution in [0.1, 0.15) is 46.1 Å². The molecule has 0 saturated carbocycles. The lowest BCUT2D eigenvalue weighted by molar-refractivity contribution is -0.130. The smallest absolute Gasteiger partial charge is 0.407 e. The molecule has 2 amide bonds. The molecule has 0 aliphatic heterocycles. The van der Waals surface area contributed by atoms with Gasteiger partial charge in [-0.2, -0.15) is 0 Å². The minimum atomic E-state index is -0.557. The first-order valence-electron chi connectivity index (χ1n) is 8.55. The first-order chi connectivity index (χ1) is 11.6. The van der Waals surface area contributed by atoms with Crippen molar-refractivity contribution < 1.29 is 18.7 Å². The lowest BCUT2D eigenvalue weighted by Crippen LogP contribution is -2.44. The zero-order chi connectivity index (χ0) is 19.0. The van der Waals surface area contributed by atoms with Crippen molar-refractivity contribution in [2.24, 2.45) is 0 Å². The highest BCUT2D eigenvalue weighted by molar-refractivity contribution is 5.76. The van der Waals surface area contributed by atoms with Gasteiger partial charge in [0.25, 0.3) is 0 Å². The molecule has 0 aromatic heterocycles. The maximum Gasteiger partial charge on any atom is 0.407 e. The number of carbonyl (C=O) groups is 2. The molecule has 0 aliphatic carbocycles. The number of halogens is 1. The summed E-state index contributed by atoms with van der Waals surface area (Å²) in [6.07, 6.45) is 0.945. The highest BCUT2D eigenvalue weighted by atomic mass is 19.1. The summed E-state index contributed by atoms with van der Waals surface area (Å²) in [4.78, 5) is 25.4. The molecule has 25 heavy (non-hydrogen) atoms. The van der Waals surface area contributed by atoms with Crippen LogP contribution >= 0.6 is 0 Å². The molecule has 1 atom stereocenters. The van der Waals surface area contributed by atoms with E-state index in [9.17, 15) is 14.0 Å². The van der Waals surface area contributed by atoms with Crippen molar-refractivity contribution in [2.45, 2.75) is 58.6 Å². The summed E-state index contributed by atoms with van der Waals surface area (Å²) >= 11 is 0. The highest BCUT2D eigenvalue weighted by Gasteiger charge is 2.19. The van der Waals surface area contributed by atoms with Crippen LogP contribution in [-0.4, -0.2) is 42.1 Å². The van der Waals surface area contributed by atoms with E-state index in [2.05, 4.69) is 5.32 Å². The number of carbonyl (C=O) groups excluding carboxylic acids is 2. The minimum absolute atomic E-state index is 0.0332. The molecular formula is C19H29FN2O3. The topological polar surface area (TPSA) is 58.6 Å². The molecule has 1 unspecified atom stereocenters. The number of alkyl carbamates (subject to hydrolysis) is 1. The van der Waals surface area contributed by atoms with E-state index in [0.717, 1.165) is 0 Å². The molecule has 140 valence electrons. The van der Waals surface area contributed by atoms with Gasteiger partial charge in [-0.15, -0.1) is 0 Å². The van der Waals surface area contributed by atoms with Crippen molar-refractivity contribution in [3.63, 3.8) is 0 Å². The maximum atomic E-state index is 13.5. The molecule has 1 N–H and O–H groups in total. The molecule has 0 heterocycles. The Morgan fingerprint density at radius 3 is 2.52 bits per heavy atom. The van der Waals surface area contributed by atoms with E-state index in [1.54, 1.807) is 50.9 Å². The lowest BCUT2D eigenvalue weighted by Gasteiger charge is -2.25. The predicted octanol–water partition coefficient (Wildman–Crippen LogP) is 3.52. The minimum Gasteiger partial charge on any atom is -0.444 e. The fourth-order valence-corrected chi connectivity index (χ4v) is 2.39. The summed E-state index contributed by atoms with van der Waals surface area (Å²) in [7, 11) is 1.69. The van der Waals surface area contributed by atoms with Crippen LogP contribution in [0.5, 0.6) is 0 Å². The molecule has 0 fully saturated rings. The monoisotopic (exact) mass is 352 g/mol. The Bertz CT molecular complexity index is 584. The van der Waals surface area contributed by atoms with E-state index in [0.29, 0.717) is 31.4 Å². The van der Waals surface area contributed by atoms with Gasteiger partial charge in [-0.05, 0) is 52.2 Å². The third-order valence-electron chi connectivity index (χ3n) is 3.53. The highest BCUT2D eigenvalue weighted by Crippen LogP contribution is 2.11. The van der Waals surface area contributed by atoms with Crippen LogP contribution in [0.2, 0.25) is 0 Å². The van der Waals surface area contributed by atoms with Gasteiger partial charge in [0.05, 0.1) is 0 Å². The van der Waals surface area contributed by atoms with E-state index in [1.807, 2.05) is 6.92 Å². The number of ether oxygens (including phenoxy) is 1. The molecule has 0 aliphatic rings. The van der Waals surface area contributed by atoms with Gasteiger partial charge in [-0.25, -0.2) is 9.18 Å². The molecule has 6 heteroatoms. The van der Waals surface area contributed by atoms with Crippen molar-refractivity contribution >= 4 is 12.0 Å². The van der Waals surface area contributed by atoms with E-state index in [-0.39, 0.29) is 17.8 Å². The van der Waals surface area contributed by atoms with Gasteiger partial charge in [-0.3, -0.25) is 4.79 Å². The number of amides is 2. The molecule has 5 nitrogen and oxygen atoms in total. The third-order valence-corrected chi connectivity index (χ3v) is 3.53. The molecule has 0 saturated heterocycles. The molecule has 1 aromatic rings. The maximum absolute atomic E-state index is 13.5. The quantitative estimate of drug-likeness (QED) is 0.817. The van der Waals surface area contributed by atoms with Gasteiger partial charge in [-0.1, -0.05) is 18.2 Å². The Morgan fingerprint density at radius 2 is 1.92 bits per heavy atom. The lowest BCUT2D eigenvalue weighted by atomic mass is 10.1. The second-order valence-electron chi connectivity index (χ2n) is 7.27. The van der Waals surface area contributed by atoms with Gasteiger partial charge >= 0.3 is 6.09 Å². The van der Waals surface area contributed by atoms with Crippen LogP contribution in [0.15, 0.2) is 24.3 Å². The summed E-state index contributed by atoms with van der Waals surface area (Å²) in [5, 5.41) is 2.71. The standard InChI is InChI=1S/C19H29FN2O3/c1-14(21-18(24)25-19(2,3)4)13-22(5)17(23)12-8-10-15-9-6-7-11-16(15)20/h6-7,9,11,14H,8,10,12-13H2,1-5H3,(H,21,24). The Labute approximate surface area is 149 Å². The summed E-state index contributed by atoms with van der Waals surface area (Å²) < 4.78 is 18.7. The van der Waals surface area contributed by atoms with Crippen LogP contribution in [0.3, 0.4) is 0 Å². The zero-order valence-corrected chi connectivity index (χ0v) is 15.8. The number of likely N-dealkylation sites (N-methyl/N-ethyl adjacent to an activating group) is 1. The van der Waals surface area contributed by atoms with Crippen molar-refractivity contribution in [3.05, 3.63) is 35.6 Å². The first-order valence-corrected chi connectivity index (χ1v) is 8.55. The van der Waals surface area contributed by atoms with Crippen molar-refractivity contribution in [3.8, 4) is 0 Å². The Balaban J connectivity index is 2.33. The largest absolute Gasteiger partial charge is 0.444 e. The fourth-order valence-electron chi connectivity index (χ4n) is 2.39. The molecule has 0 bridgehead atoms. The fraction of sp³-hybridized carbons (Fsp3) is 0.579.